The first-order chi connectivity index (χ1) is 14.2. The van der Waals surface area contributed by atoms with Gasteiger partial charge in [-0.05, 0) is 31.9 Å². The zero-order chi connectivity index (χ0) is 21.5. The van der Waals surface area contributed by atoms with Gasteiger partial charge in [-0.15, -0.1) is 22.9 Å². The first-order valence-electron chi connectivity index (χ1n) is 10.0. The number of nitrogens with zero attached hydrogens (tertiary/aromatic N) is 3. The summed E-state index contributed by atoms with van der Waals surface area (Å²) in [6.45, 7) is 8.05. The molecule has 2 unspecified atom stereocenters. The Hall–Kier alpha value is -1.67. The minimum absolute atomic E-state index is 0.432. The van der Waals surface area contributed by atoms with E-state index >= 15 is 0 Å². The molecule has 0 radical (unpaired) electrons. The molecule has 5 nitrogen and oxygen atoms in total. The lowest BCUT2D eigenvalue weighted by Gasteiger charge is -2.38. The molecule has 2 heterocycles. The van der Waals surface area contributed by atoms with Crippen LogP contribution < -0.4 is 4.90 Å². The van der Waals surface area contributed by atoms with E-state index in [2.05, 4.69) is 42.3 Å². The quantitative estimate of drug-likeness (QED) is 0.632. The van der Waals surface area contributed by atoms with Gasteiger partial charge in [0.05, 0.1) is 10.6 Å². The maximum Gasteiger partial charge on any atom is 0.222 e. The summed E-state index contributed by atoms with van der Waals surface area (Å²) in [5, 5.41) is 2.28. The van der Waals surface area contributed by atoms with Gasteiger partial charge in [0.1, 0.15) is 5.25 Å². The van der Waals surface area contributed by atoms with E-state index in [1.54, 1.807) is 46.9 Å². The molecule has 0 saturated carbocycles. The highest BCUT2D eigenvalue weighted by Crippen LogP contribution is 2.34. The molecule has 1 aromatic carbocycles. The zero-order valence-electron chi connectivity index (χ0n) is 17.4. The lowest BCUT2D eigenvalue weighted by molar-refractivity contribution is 0.379. The Bertz CT molecular complexity index is 1080. The number of piperazine rings is 1. The number of aromatic nitrogens is 1. The Balaban J connectivity index is 1.47. The SMILES string of the molecule is Cc1cccc(C)c1-c1csc(N2CCN(S(=O)(=O)C3C=CC=CC3(C)Cl)CC2)n1. The molecule has 4 rings (SSSR count). The van der Waals surface area contributed by atoms with Crippen molar-refractivity contribution in [3.05, 3.63) is 59.0 Å². The molecule has 0 N–H and O–H groups in total. The summed E-state index contributed by atoms with van der Waals surface area (Å²) in [7, 11) is -3.53. The fraction of sp³-hybridized carbons (Fsp3) is 0.409. The van der Waals surface area contributed by atoms with Gasteiger partial charge in [-0.2, -0.15) is 4.31 Å². The van der Waals surface area contributed by atoms with E-state index < -0.39 is 20.1 Å². The first-order valence-corrected chi connectivity index (χ1v) is 12.8. The molecule has 2 atom stereocenters. The third-order valence-corrected chi connectivity index (χ3v) is 9.56. The van der Waals surface area contributed by atoms with E-state index in [1.165, 1.54) is 16.7 Å². The second-order valence-electron chi connectivity index (χ2n) is 8.03. The minimum atomic E-state index is -3.53. The van der Waals surface area contributed by atoms with Crippen molar-refractivity contribution in [3.8, 4) is 11.3 Å². The Morgan fingerprint density at radius 1 is 1.13 bits per heavy atom. The van der Waals surface area contributed by atoms with Crippen LogP contribution in [-0.2, 0) is 10.0 Å². The van der Waals surface area contributed by atoms with Crippen LogP contribution in [0.5, 0.6) is 0 Å². The fourth-order valence-corrected chi connectivity index (χ4v) is 7.42. The Labute approximate surface area is 187 Å². The molecule has 2 aromatic rings. The highest BCUT2D eigenvalue weighted by atomic mass is 35.5. The topological polar surface area (TPSA) is 53.5 Å². The van der Waals surface area contributed by atoms with E-state index in [0.717, 1.165) is 10.8 Å². The number of alkyl halides is 1. The van der Waals surface area contributed by atoms with Crippen LogP contribution in [0.25, 0.3) is 11.3 Å². The maximum absolute atomic E-state index is 13.2. The average molecular weight is 464 g/mol. The molecule has 0 bridgehead atoms. The second-order valence-corrected chi connectivity index (χ2v) is 11.7. The van der Waals surface area contributed by atoms with Gasteiger partial charge in [0, 0.05) is 37.1 Å². The second kappa shape index (κ2) is 8.11. The van der Waals surface area contributed by atoms with Gasteiger partial charge < -0.3 is 4.90 Å². The van der Waals surface area contributed by atoms with Gasteiger partial charge in [0.25, 0.3) is 0 Å². The van der Waals surface area contributed by atoms with Crippen molar-refractivity contribution >= 4 is 38.1 Å². The third kappa shape index (κ3) is 3.96. The number of sulfonamides is 1. The molecular formula is C22H26ClN3O2S2. The zero-order valence-corrected chi connectivity index (χ0v) is 19.8. The molecule has 30 heavy (non-hydrogen) atoms. The fourth-order valence-electron chi connectivity index (χ4n) is 4.12. The van der Waals surface area contributed by atoms with Crippen LogP contribution in [0.1, 0.15) is 18.1 Å². The molecule has 1 saturated heterocycles. The lowest BCUT2D eigenvalue weighted by Crippen LogP contribution is -2.54. The molecule has 8 heteroatoms. The van der Waals surface area contributed by atoms with Crippen LogP contribution in [0.15, 0.2) is 47.9 Å². The predicted molar refractivity (Wildman–Crippen MR) is 126 cm³/mol. The molecule has 2 aliphatic rings. The maximum atomic E-state index is 13.2. The van der Waals surface area contributed by atoms with Gasteiger partial charge in [-0.1, -0.05) is 42.5 Å². The van der Waals surface area contributed by atoms with Crippen LogP contribution in [0, 0.1) is 13.8 Å². The average Bonchev–Trinajstić information content (AvgIpc) is 3.17. The number of halogens is 1. The van der Waals surface area contributed by atoms with Crippen molar-refractivity contribution in [3.63, 3.8) is 0 Å². The summed E-state index contributed by atoms with van der Waals surface area (Å²) in [6, 6.07) is 6.26. The predicted octanol–water partition coefficient (Wildman–Crippen LogP) is 4.37. The van der Waals surface area contributed by atoms with Crippen LogP contribution in [-0.4, -0.2) is 54.0 Å². The number of thiazole rings is 1. The van der Waals surface area contributed by atoms with E-state index in [0.29, 0.717) is 26.2 Å². The van der Waals surface area contributed by atoms with Gasteiger partial charge >= 0.3 is 0 Å². The molecule has 1 aliphatic carbocycles. The molecule has 160 valence electrons. The highest BCUT2D eigenvalue weighted by Gasteiger charge is 2.43. The van der Waals surface area contributed by atoms with E-state index in [1.807, 2.05) is 0 Å². The van der Waals surface area contributed by atoms with E-state index in [4.69, 9.17) is 16.6 Å². The van der Waals surface area contributed by atoms with Crippen molar-refractivity contribution in [2.75, 3.05) is 31.1 Å². The summed E-state index contributed by atoms with van der Waals surface area (Å²) in [4.78, 5) is 6.10. The van der Waals surface area contributed by atoms with E-state index in [9.17, 15) is 8.42 Å². The number of benzene rings is 1. The first kappa shape index (κ1) is 21.6. The van der Waals surface area contributed by atoms with Crippen molar-refractivity contribution < 1.29 is 8.42 Å². The molecule has 0 amide bonds. The van der Waals surface area contributed by atoms with E-state index in [-0.39, 0.29) is 0 Å². The van der Waals surface area contributed by atoms with Gasteiger partial charge in [0.15, 0.2) is 5.13 Å². The Kier molecular flexibility index (Phi) is 5.83. The Morgan fingerprint density at radius 3 is 2.43 bits per heavy atom. The smallest absolute Gasteiger partial charge is 0.222 e. The molecule has 1 fully saturated rings. The summed E-state index contributed by atoms with van der Waals surface area (Å²) >= 11 is 8.10. The highest BCUT2D eigenvalue weighted by molar-refractivity contribution is 7.90. The number of hydrogen-bond acceptors (Lipinski definition) is 5. The summed E-state index contributed by atoms with van der Waals surface area (Å²) in [5.74, 6) is 0. The van der Waals surface area contributed by atoms with Gasteiger partial charge in [-0.25, -0.2) is 13.4 Å². The van der Waals surface area contributed by atoms with Crippen molar-refractivity contribution in [2.45, 2.75) is 30.9 Å². The number of aryl methyl sites for hydroxylation is 2. The van der Waals surface area contributed by atoms with Gasteiger partial charge in [-0.3, -0.25) is 0 Å². The van der Waals surface area contributed by atoms with Crippen LogP contribution in [0.4, 0.5) is 5.13 Å². The molecule has 1 aromatic heterocycles. The van der Waals surface area contributed by atoms with Crippen LogP contribution in [0.3, 0.4) is 0 Å². The Morgan fingerprint density at radius 2 is 1.80 bits per heavy atom. The van der Waals surface area contributed by atoms with Crippen LogP contribution >= 0.6 is 22.9 Å². The summed E-state index contributed by atoms with van der Waals surface area (Å²) in [6.07, 6.45) is 6.99. The molecular weight excluding hydrogens is 438 g/mol. The number of anilines is 1. The largest absolute Gasteiger partial charge is 0.345 e. The number of allylic oxidation sites excluding steroid dienone is 3. The number of rotatable bonds is 4. The van der Waals surface area contributed by atoms with Gasteiger partial charge in [0.2, 0.25) is 10.0 Å². The van der Waals surface area contributed by atoms with Crippen LogP contribution in [0.2, 0.25) is 0 Å². The van der Waals surface area contributed by atoms with Crippen molar-refractivity contribution in [1.29, 1.82) is 0 Å². The number of hydrogen-bond donors (Lipinski definition) is 0. The summed E-state index contributed by atoms with van der Waals surface area (Å²) < 4.78 is 27.9. The summed E-state index contributed by atoms with van der Waals surface area (Å²) in [5.41, 5.74) is 4.58. The normalized spacial score (nSPS) is 25.1. The molecule has 0 spiro atoms. The third-order valence-electron chi connectivity index (χ3n) is 5.79. The lowest BCUT2D eigenvalue weighted by atomic mass is 10.0. The standard InChI is InChI=1S/C22H26ClN3O2S2/c1-16-7-6-8-17(2)20(16)18-15-29-21(24-18)25-11-13-26(14-12-25)30(27,28)19-9-4-5-10-22(19,3)23/h4-10,15,19H,11-14H2,1-3H3. The van der Waals surface area contributed by atoms with Crippen molar-refractivity contribution in [1.82, 2.24) is 9.29 Å². The minimum Gasteiger partial charge on any atom is -0.345 e. The van der Waals surface area contributed by atoms with Crippen molar-refractivity contribution in [2.24, 2.45) is 0 Å². The molecule has 1 aliphatic heterocycles. The monoisotopic (exact) mass is 463 g/mol.